The predicted molar refractivity (Wildman–Crippen MR) is 146 cm³/mol. The first-order chi connectivity index (χ1) is 18.0. The van der Waals surface area contributed by atoms with E-state index in [9.17, 15) is 14.0 Å². The van der Waals surface area contributed by atoms with Crippen LogP contribution in [0.15, 0.2) is 54.6 Å². The third-order valence-corrected chi connectivity index (χ3v) is 7.82. The molecule has 1 saturated carbocycles. The summed E-state index contributed by atoms with van der Waals surface area (Å²) in [7, 11) is 0. The smallest absolute Gasteiger partial charge is 0.242 e. The molecule has 4 rings (SSSR count). The van der Waals surface area contributed by atoms with Gasteiger partial charge in [-0.3, -0.25) is 14.5 Å². The number of amides is 2. The lowest BCUT2D eigenvalue weighted by Gasteiger charge is -2.36. The number of halogens is 1. The van der Waals surface area contributed by atoms with Crippen molar-refractivity contribution in [3.63, 3.8) is 0 Å². The van der Waals surface area contributed by atoms with Gasteiger partial charge in [-0.05, 0) is 62.3 Å². The fourth-order valence-electron chi connectivity index (χ4n) is 5.43. The van der Waals surface area contributed by atoms with Gasteiger partial charge in [0.1, 0.15) is 11.9 Å². The van der Waals surface area contributed by atoms with E-state index in [2.05, 4.69) is 27.4 Å². The van der Waals surface area contributed by atoms with Crippen molar-refractivity contribution in [2.24, 2.45) is 11.8 Å². The molecule has 2 aromatic carbocycles. The third kappa shape index (κ3) is 8.03. The Hall–Kier alpha value is -2.93. The SMILES string of the molecule is CC1CCC(C(=O)N[C@@H](Cc2ccccc2)C(=O)NCCCN2CCN(c3ccccc3F)CC2)CC1. The number of nitrogens with one attached hydrogen (secondary N) is 2. The molecule has 1 aliphatic heterocycles. The maximum absolute atomic E-state index is 14.1. The van der Waals surface area contributed by atoms with Crippen molar-refractivity contribution in [2.75, 3.05) is 44.2 Å². The van der Waals surface area contributed by atoms with Crippen LogP contribution in [0.25, 0.3) is 0 Å². The monoisotopic (exact) mass is 508 g/mol. The fourth-order valence-corrected chi connectivity index (χ4v) is 5.43. The van der Waals surface area contributed by atoms with E-state index < -0.39 is 6.04 Å². The van der Waals surface area contributed by atoms with E-state index in [-0.39, 0.29) is 23.5 Å². The Morgan fingerprint density at radius 1 is 0.946 bits per heavy atom. The van der Waals surface area contributed by atoms with Crippen LogP contribution >= 0.6 is 0 Å². The van der Waals surface area contributed by atoms with Gasteiger partial charge in [0.2, 0.25) is 11.8 Å². The summed E-state index contributed by atoms with van der Waals surface area (Å²) >= 11 is 0. The van der Waals surface area contributed by atoms with E-state index in [0.717, 1.165) is 70.4 Å². The van der Waals surface area contributed by atoms with E-state index >= 15 is 0 Å². The number of benzene rings is 2. The Bertz CT molecular complexity index is 1000. The molecule has 0 aromatic heterocycles. The van der Waals surface area contributed by atoms with Crippen molar-refractivity contribution in [2.45, 2.75) is 51.5 Å². The lowest BCUT2D eigenvalue weighted by molar-refractivity contribution is -0.131. The standard InChI is InChI=1S/C30H41FN4O2/c1-23-12-14-25(15-13-23)29(36)33-27(22-24-8-3-2-4-9-24)30(37)32-16-7-17-34-18-20-35(21-19-34)28-11-6-5-10-26(28)31/h2-6,8-11,23,25,27H,7,12-22H2,1H3,(H,32,37)(H,33,36)/t23?,25?,27-/m0/s1. The Kier molecular flexibility index (Phi) is 9.94. The molecule has 2 fully saturated rings. The zero-order valence-electron chi connectivity index (χ0n) is 22.0. The molecule has 37 heavy (non-hydrogen) atoms. The van der Waals surface area contributed by atoms with Crippen molar-refractivity contribution in [1.29, 1.82) is 0 Å². The summed E-state index contributed by atoms with van der Waals surface area (Å²) in [5, 5.41) is 6.13. The summed E-state index contributed by atoms with van der Waals surface area (Å²) in [5.41, 5.74) is 1.71. The van der Waals surface area contributed by atoms with Gasteiger partial charge in [-0.2, -0.15) is 0 Å². The number of rotatable bonds is 10. The molecule has 0 spiro atoms. The number of carbonyl (C=O) groups excluding carboxylic acids is 2. The van der Waals surface area contributed by atoms with Gasteiger partial charge in [0.25, 0.3) is 0 Å². The fraction of sp³-hybridized carbons (Fsp3) is 0.533. The molecule has 200 valence electrons. The lowest BCUT2D eigenvalue weighted by Crippen LogP contribution is -2.50. The zero-order chi connectivity index (χ0) is 26.0. The van der Waals surface area contributed by atoms with Crippen LogP contribution in [0.4, 0.5) is 10.1 Å². The molecule has 6 nitrogen and oxygen atoms in total. The van der Waals surface area contributed by atoms with Crippen molar-refractivity contribution in [3.8, 4) is 0 Å². The van der Waals surface area contributed by atoms with Gasteiger partial charge in [0.15, 0.2) is 0 Å². The maximum Gasteiger partial charge on any atom is 0.242 e. The molecule has 1 atom stereocenters. The van der Waals surface area contributed by atoms with Gasteiger partial charge >= 0.3 is 0 Å². The van der Waals surface area contributed by atoms with Crippen LogP contribution < -0.4 is 15.5 Å². The summed E-state index contributed by atoms with van der Waals surface area (Å²) in [6.07, 6.45) is 5.26. The zero-order valence-corrected chi connectivity index (χ0v) is 22.0. The van der Waals surface area contributed by atoms with Crippen LogP contribution in [0.5, 0.6) is 0 Å². The highest BCUT2D eigenvalue weighted by atomic mass is 19.1. The minimum Gasteiger partial charge on any atom is -0.367 e. The van der Waals surface area contributed by atoms with Crippen molar-refractivity contribution in [3.05, 3.63) is 66.0 Å². The topological polar surface area (TPSA) is 64.7 Å². The van der Waals surface area contributed by atoms with Crippen molar-refractivity contribution < 1.29 is 14.0 Å². The number of anilines is 1. The van der Waals surface area contributed by atoms with E-state index in [1.54, 1.807) is 6.07 Å². The molecule has 0 radical (unpaired) electrons. The van der Waals surface area contributed by atoms with Crippen LogP contribution in [-0.2, 0) is 16.0 Å². The third-order valence-electron chi connectivity index (χ3n) is 7.82. The minimum atomic E-state index is -0.571. The highest BCUT2D eigenvalue weighted by Gasteiger charge is 2.28. The average molecular weight is 509 g/mol. The number of para-hydroxylation sites is 1. The molecule has 1 saturated heterocycles. The number of carbonyl (C=O) groups is 2. The van der Waals surface area contributed by atoms with E-state index in [1.165, 1.54) is 6.07 Å². The van der Waals surface area contributed by atoms with Crippen LogP contribution in [0, 0.1) is 17.7 Å². The Labute approximate surface area is 220 Å². The summed E-state index contributed by atoms with van der Waals surface area (Å²) in [6.45, 7) is 7.00. The molecule has 1 aliphatic carbocycles. The minimum absolute atomic E-state index is 0.00491. The second-order valence-electron chi connectivity index (χ2n) is 10.6. The summed E-state index contributed by atoms with van der Waals surface area (Å²) in [5.74, 6) is 0.399. The molecule has 2 aromatic rings. The summed E-state index contributed by atoms with van der Waals surface area (Å²) < 4.78 is 14.1. The van der Waals surface area contributed by atoms with Gasteiger partial charge in [-0.15, -0.1) is 0 Å². The summed E-state index contributed by atoms with van der Waals surface area (Å²) in [6, 6.07) is 16.2. The molecule has 0 bridgehead atoms. The average Bonchev–Trinajstić information content (AvgIpc) is 2.92. The predicted octanol–water partition coefficient (Wildman–Crippen LogP) is 4.01. The van der Waals surface area contributed by atoms with Gasteiger partial charge in [0.05, 0.1) is 5.69 Å². The van der Waals surface area contributed by atoms with Crippen LogP contribution in [-0.4, -0.2) is 62.0 Å². The largest absolute Gasteiger partial charge is 0.367 e. The summed E-state index contributed by atoms with van der Waals surface area (Å²) in [4.78, 5) is 30.5. The number of nitrogens with zero attached hydrogens (tertiary/aromatic N) is 2. The maximum atomic E-state index is 14.1. The molecule has 1 heterocycles. The van der Waals surface area contributed by atoms with Gasteiger partial charge in [-0.25, -0.2) is 4.39 Å². The highest BCUT2D eigenvalue weighted by Crippen LogP contribution is 2.28. The molecule has 0 unspecified atom stereocenters. The van der Waals surface area contributed by atoms with Crippen LogP contribution in [0.1, 0.15) is 44.6 Å². The van der Waals surface area contributed by atoms with Gasteiger partial charge in [0, 0.05) is 45.1 Å². The molecule has 2 aliphatic rings. The Balaban J connectivity index is 1.22. The highest BCUT2D eigenvalue weighted by molar-refractivity contribution is 5.88. The van der Waals surface area contributed by atoms with Crippen LogP contribution in [0.2, 0.25) is 0 Å². The van der Waals surface area contributed by atoms with E-state index in [0.29, 0.717) is 24.6 Å². The molecular weight excluding hydrogens is 467 g/mol. The lowest BCUT2D eigenvalue weighted by atomic mass is 9.82. The second kappa shape index (κ2) is 13.6. The van der Waals surface area contributed by atoms with E-state index in [1.807, 2.05) is 42.5 Å². The first kappa shape index (κ1) is 27.1. The Morgan fingerprint density at radius 2 is 1.62 bits per heavy atom. The van der Waals surface area contributed by atoms with Gasteiger partial charge in [-0.1, -0.05) is 49.4 Å². The molecule has 7 heteroatoms. The molecule has 2 amide bonds. The van der Waals surface area contributed by atoms with Crippen molar-refractivity contribution in [1.82, 2.24) is 15.5 Å². The van der Waals surface area contributed by atoms with Crippen LogP contribution in [0.3, 0.4) is 0 Å². The van der Waals surface area contributed by atoms with Crippen molar-refractivity contribution >= 4 is 17.5 Å². The quantitative estimate of drug-likeness (QED) is 0.476. The molecule has 2 N–H and O–H groups in total. The number of hydrogen-bond acceptors (Lipinski definition) is 4. The second-order valence-corrected chi connectivity index (χ2v) is 10.6. The van der Waals surface area contributed by atoms with E-state index in [4.69, 9.17) is 0 Å². The molecular formula is C30H41FN4O2. The van der Waals surface area contributed by atoms with Gasteiger partial charge < -0.3 is 15.5 Å². The normalized spacial score (nSPS) is 21.3. The first-order valence-electron chi connectivity index (χ1n) is 13.8. The Morgan fingerprint density at radius 3 is 2.32 bits per heavy atom. The number of piperazine rings is 1. The number of hydrogen-bond donors (Lipinski definition) is 2. The first-order valence-corrected chi connectivity index (χ1v) is 13.8.